The predicted octanol–water partition coefficient (Wildman–Crippen LogP) is 3.82. The van der Waals surface area contributed by atoms with E-state index in [1.165, 1.54) is 23.8 Å². The average molecular weight is 272 g/mol. The van der Waals surface area contributed by atoms with Gasteiger partial charge in [0.25, 0.3) is 5.91 Å². The van der Waals surface area contributed by atoms with Gasteiger partial charge in [0, 0.05) is 5.69 Å². The summed E-state index contributed by atoms with van der Waals surface area (Å²) in [6, 6.07) is 11.8. The predicted molar refractivity (Wildman–Crippen MR) is 77.2 cm³/mol. The maximum absolute atomic E-state index is 12.9. The lowest BCUT2D eigenvalue weighted by Crippen LogP contribution is -2.14. The van der Waals surface area contributed by atoms with Crippen molar-refractivity contribution in [2.75, 3.05) is 5.32 Å². The number of carbonyl (C=O) groups is 1. The minimum atomic E-state index is -0.660. The lowest BCUT2D eigenvalue weighted by molar-refractivity contribution is 0.102. The summed E-state index contributed by atoms with van der Waals surface area (Å²) in [7, 11) is 0. The number of carbonyl (C=O) groups excluding carboxylic acids is 1. The first-order chi connectivity index (χ1) is 9.69. The number of hydrogen-bond donors (Lipinski definition) is 1. The maximum Gasteiger partial charge on any atom is 0.274 e. The first-order valence-corrected chi connectivity index (χ1v) is 6.72. The summed E-state index contributed by atoms with van der Waals surface area (Å²) in [5, 5.41) is 2.70. The van der Waals surface area contributed by atoms with Gasteiger partial charge in [-0.05, 0) is 42.7 Å². The van der Waals surface area contributed by atoms with E-state index in [-0.39, 0.29) is 5.69 Å². The Hall–Kier alpha value is -2.23. The van der Waals surface area contributed by atoms with Crippen LogP contribution in [0.25, 0.3) is 0 Å². The van der Waals surface area contributed by atoms with E-state index in [1.807, 2.05) is 24.3 Å². The van der Waals surface area contributed by atoms with E-state index in [0.29, 0.717) is 5.69 Å². The van der Waals surface area contributed by atoms with Crippen LogP contribution in [0.1, 0.15) is 35.8 Å². The minimum Gasteiger partial charge on any atom is -0.321 e. The second-order valence-corrected chi connectivity index (χ2v) is 4.60. The molecule has 0 aliphatic heterocycles. The Balaban J connectivity index is 2.01. The Bertz CT molecular complexity index is 581. The monoisotopic (exact) mass is 272 g/mol. The van der Waals surface area contributed by atoms with Gasteiger partial charge in [-0.2, -0.15) is 4.39 Å². The highest BCUT2D eigenvalue weighted by atomic mass is 19.1. The van der Waals surface area contributed by atoms with Crippen molar-refractivity contribution in [2.24, 2.45) is 0 Å². The topological polar surface area (TPSA) is 42.0 Å². The Labute approximate surface area is 117 Å². The highest BCUT2D eigenvalue weighted by Crippen LogP contribution is 2.12. The van der Waals surface area contributed by atoms with Gasteiger partial charge in [0.2, 0.25) is 5.95 Å². The molecule has 0 unspecified atom stereocenters. The van der Waals surface area contributed by atoms with Gasteiger partial charge in [-0.1, -0.05) is 31.5 Å². The van der Waals surface area contributed by atoms with Gasteiger partial charge in [0.1, 0.15) is 5.69 Å². The molecule has 1 aromatic heterocycles. The van der Waals surface area contributed by atoms with Crippen molar-refractivity contribution < 1.29 is 9.18 Å². The number of benzene rings is 1. The molecule has 0 atom stereocenters. The van der Waals surface area contributed by atoms with E-state index >= 15 is 0 Å². The van der Waals surface area contributed by atoms with Gasteiger partial charge in [0.15, 0.2) is 0 Å². The zero-order valence-electron chi connectivity index (χ0n) is 11.4. The van der Waals surface area contributed by atoms with E-state index < -0.39 is 11.9 Å². The number of nitrogens with one attached hydrogen (secondary N) is 1. The molecule has 0 aliphatic carbocycles. The third-order valence-electron chi connectivity index (χ3n) is 2.98. The summed E-state index contributed by atoms with van der Waals surface area (Å²) >= 11 is 0. The van der Waals surface area contributed by atoms with Gasteiger partial charge in [-0.15, -0.1) is 0 Å². The summed E-state index contributed by atoms with van der Waals surface area (Å²) < 4.78 is 12.9. The van der Waals surface area contributed by atoms with Crippen LogP contribution in [0.5, 0.6) is 0 Å². The third-order valence-corrected chi connectivity index (χ3v) is 2.98. The quantitative estimate of drug-likeness (QED) is 0.841. The van der Waals surface area contributed by atoms with Crippen LogP contribution in [0.2, 0.25) is 0 Å². The largest absolute Gasteiger partial charge is 0.321 e. The fourth-order valence-electron chi connectivity index (χ4n) is 1.87. The minimum absolute atomic E-state index is 0.0695. The van der Waals surface area contributed by atoms with Crippen molar-refractivity contribution in [1.82, 2.24) is 4.98 Å². The van der Waals surface area contributed by atoms with Gasteiger partial charge < -0.3 is 5.32 Å². The number of pyridine rings is 1. The molecule has 1 amide bonds. The smallest absolute Gasteiger partial charge is 0.274 e. The molecule has 0 bridgehead atoms. The fraction of sp³-hybridized carbons (Fsp3) is 0.250. The molecule has 0 saturated carbocycles. The number of aryl methyl sites for hydroxylation is 1. The van der Waals surface area contributed by atoms with E-state index in [2.05, 4.69) is 17.2 Å². The SMILES string of the molecule is CCCCc1ccc(NC(=O)c2cccc(F)n2)cc1. The summed E-state index contributed by atoms with van der Waals surface area (Å²) in [4.78, 5) is 15.4. The first-order valence-electron chi connectivity index (χ1n) is 6.72. The normalized spacial score (nSPS) is 10.3. The van der Waals surface area contributed by atoms with Crippen LogP contribution in [0.15, 0.2) is 42.5 Å². The Kier molecular flexibility index (Phi) is 4.82. The van der Waals surface area contributed by atoms with E-state index in [1.54, 1.807) is 0 Å². The van der Waals surface area contributed by atoms with E-state index in [4.69, 9.17) is 0 Å². The molecule has 3 nitrogen and oxygen atoms in total. The van der Waals surface area contributed by atoms with Gasteiger partial charge in [0.05, 0.1) is 0 Å². The second kappa shape index (κ2) is 6.80. The zero-order valence-corrected chi connectivity index (χ0v) is 11.4. The van der Waals surface area contributed by atoms with Crippen LogP contribution in [0.3, 0.4) is 0 Å². The number of hydrogen-bond acceptors (Lipinski definition) is 2. The molecule has 0 saturated heterocycles. The highest BCUT2D eigenvalue weighted by Gasteiger charge is 2.08. The van der Waals surface area contributed by atoms with Gasteiger partial charge in [-0.3, -0.25) is 4.79 Å². The highest BCUT2D eigenvalue weighted by molar-refractivity contribution is 6.02. The number of unbranched alkanes of at least 4 members (excludes halogenated alkanes) is 1. The molecule has 4 heteroatoms. The van der Waals surface area contributed by atoms with E-state index in [0.717, 1.165) is 19.3 Å². The van der Waals surface area contributed by atoms with E-state index in [9.17, 15) is 9.18 Å². The van der Waals surface area contributed by atoms with Crippen LogP contribution in [-0.2, 0) is 6.42 Å². The molecule has 20 heavy (non-hydrogen) atoms. The number of nitrogens with zero attached hydrogens (tertiary/aromatic N) is 1. The molecule has 0 spiro atoms. The maximum atomic E-state index is 12.9. The number of halogens is 1. The molecule has 2 rings (SSSR count). The number of aromatic nitrogens is 1. The van der Waals surface area contributed by atoms with Gasteiger partial charge >= 0.3 is 0 Å². The van der Waals surface area contributed by atoms with Crippen LogP contribution in [0, 0.1) is 5.95 Å². The molecule has 0 fully saturated rings. The average Bonchev–Trinajstić information content (AvgIpc) is 2.46. The number of anilines is 1. The molecule has 104 valence electrons. The number of rotatable bonds is 5. The molecule has 2 aromatic rings. The van der Waals surface area contributed by atoms with Crippen molar-refractivity contribution in [3.8, 4) is 0 Å². The summed E-state index contributed by atoms with van der Waals surface area (Å²) in [5.74, 6) is -1.07. The second-order valence-electron chi connectivity index (χ2n) is 4.60. The first kappa shape index (κ1) is 14.2. The van der Waals surface area contributed by atoms with Crippen LogP contribution >= 0.6 is 0 Å². The standard InChI is InChI=1S/C16H17FN2O/c1-2-3-5-12-8-10-13(11-9-12)18-16(20)14-6-4-7-15(17)19-14/h4,6-11H,2-3,5H2,1H3,(H,18,20). The van der Waals surface area contributed by atoms with Crippen molar-refractivity contribution in [1.29, 1.82) is 0 Å². The molecular weight excluding hydrogens is 255 g/mol. The van der Waals surface area contributed by atoms with Crippen molar-refractivity contribution in [3.05, 3.63) is 59.7 Å². The van der Waals surface area contributed by atoms with Crippen LogP contribution in [0.4, 0.5) is 10.1 Å². The lowest BCUT2D eigenvalue weighted by atomic mass is 10.1. The molecule has 1 N–H and O–H groups in total. The molecule has 0 aliphatic rings. The Morgan fingerprint density at radius 2 is 1.95 bits per heavy atom. The third kappa shape index (κ3) is 3.88. The van der Waals surface area contributed by atoms with Crippen LogP contribution < -0.4 is 5.32 Å². The van der Waals surface area contributed by atoms with Gasteiger partial charge in [-0.25, -0.2) is 4.98 Å². The van der Waals surface area contributed by atoms with Crippen molar-refractivity contribution in [3.63, 3.8) is 0 Å². The molecule has 1 aromatic carbocycles. The zero-order chi connectivity index (χ0) is 14.4. The Morgan fingerprint density at radius 1 is 1.20 bits per heavy atom. The summed E-state index contributed by atoms with van der Waals surface area (Å²) in [5.41, 5.74) is 2.00. The summed E-state index contributed by atoms with van der Waals surface area (Å²) in [6.45, 7) is 2.15. The summed E-state index contributed by atoms with van der Waals surface area (Å²) in [6.07, 6.45) is 3.35. The lowest BCUT2D eigenvalue weighted by Gasteiger charge is -2.06. The Morgan fingerprint density at radius 3 is 2.60 bits per heavy atom. The number of amides is 1. The molecular formula is C16H17FN2O. The fourth-order valence-corrected chi connectivity index (χ4v) is 1.87. The van der Waals surface area contributed by atoms with Crippen LogP contribution in [-0.4, -0.2) is 10.9 Å². The molecule has 0 radical (unpaired) electrons. The molecule has 1 heterocycles. The van der Waals surface area contributed by atoms with Crippen molar-refractivity contribution >= 4 is 11.6 Å². The van der Waals surface area contributed by atoms with Crippen molar-refractivity contribution in [2.45, 2.75) is 26.2 Å².